The van der Waals surface area contributed by atoms with Crippen LogP contribution in [0.25, 0.3) is 0 Å². The molecular weight excluding hydrogens is 334 g/mol. The fourth-order valence-corrected chi connectivity index (χ4v) is 4.24. The Morgan fingerprint density at radius 1 is 1.18 bits per heavy atom. The molecule has 0 bridgehead atoms. The normalized spacial score (nSPS) is 32.7. The first kappa shape index (κ1) is 20.0. The Hall–Kier alpha value is -0.0400. The molecule has 1 fully saturated rings. The first-order valence-electron chi connectivity index (χ1n) is 6.92. The van der Waals surface area contributed by atoms with Gasteiger partial charge in [0.25, 0.3) is 0 Å². The van der Waals surface area contributed by atoms with Crippen LogP contribution in [-0.4, -0.2) is 40.1 Å². The van der Waals surface area contributed by atoms with E-state index in [-0.39, 0.29) is 5.92 Å². The minimum absolute atomic E-state index is 0.000436. The number of methoxy groups -OCH3 is 1. The number of ether oxygens (including phenoxy) is 1. The lowest BCUT2D eigenvalue weighted by Gasteiger charge is -2.26. The summed E-state index contributed by atoms with van der Waals surface area (Å²) in [6.45, 7) is 5.08. The zero-order valence-electron chi connectivity index (χ0n) is 13.0. The lowest BCUT2D eigenvalue weighted by Crippen LogP contribution is -2.31. The van der Waals surface area contributed by atoms with Crippen LogP contribution in [0.3, 0.4) is 0 Å². The van der Waals surface area contributed by atoms with Crippen molar-refractivity contribution in [3.8, 4) is 0 Å². The molecule has 0 saturated heterocycles. The number of hydrogen-bond acceptors (Lipinski definition) is 5. The van der Waals surface area contributed by atoms with Crippen molar-refractivity contribution in [2.45, 2.75) is 45.5 Å². The average Bonchev–Trinajstić information content (AvgIpc) is 2.59. The molecule has 0 radical (unpaired) electrons. The van der Waals surface area contributed by atoms with Crippen molar-refractivity contribution in [1.29, 1.82) is 0 Å². The van der Waals surface area contributed by atoms with Gasteiger partial charge < -0.3 is 19.4 Å². The highest BCUT2D eigenvalue weighted by Gasteiger charge is 2.45. The minimum atomic E-state index is -4.31. The monoisotopic (exact) mass is 358 g/mol. The summed E-state index contributed by atoms with van der Waals surface area (Å²) in [7, 11) is -7.13. The van der Waals surface area contributed by atoms with Gasteiger partial charge in [0.1, 0.15) is 6.10 Å². The van der Waals surface area contributed by atoms with Crippen LogP contribution in [0.1, 0.15) is 27.2 Å². The molecule has 0 aromatic carbocycles. The molecule has 0 aliphatic heterocycles. The van der Waals surface area contributed by atoms with Crippen molar-refractivity contribution in [3.63, 3.8) is 0 Å². The van der Waals surface area contributed by atoms with E-state index in [4.69, 9.17) is 23.6 Å². The second-order valence-corrected chi connectivity index (χ2v) is 8.54. The molecule has 8 nitrogen and oxygen atoms in total. The molecule has 3 N–H and O–H groups in total. The van der Waals surface area contributed by atoms with E-state index in [9.17, 15) is 14.0 Å². The largest absolute Gasteiger partial charge is 0.472 e. The Morgan fingerprint density at radius 3 is 2.23 bits per heavy atom. The van der Waals surface area contributed by atoms with Crippen LogP contribution in [-0.2, 0) is 22.9 Å². The van der Waals surface area contributed by atoms with Gasteiger partial charge in [-0.15, -0.1) is 0 Å². The van der Waals surface area contributed by atoms with Crippen molar-refractivity contribution in [3.05, 3.63) is 11.9 Å². The SMILES string of the molecule is CO[C@@H]1[C@H](OP(=O)(O)OC(C)C)[C@@H](/C=C/P(=O)(O)O)C[C@H]1C. The maximum absolute atomic E-state index is 12.0. The molecule has 10 heteroatoms. The van der Waals surface area contributed by atoms with E-state index in [1.54, 1.807) is 13.8 Å². The second-order valence-electron chi connectivity index (χ2n) is 5.70. The van der Waals surface area contributed by atoms with Crippen LogP contribution >= 0.6 is 15.4 Å². The Balaban J connectivity index is 2.95. The molecule has 0 aromatic heterocycles. The molecule has 1 saturated carbocycles. The van der Waals surface area contributed by atoms with Crippen LogP contribution in [0.5, 0.6) is 0 Å². The Morgan fingerprint density at radius 2 is 1.77 bits per heavy atom. The first-order chi connectivity index (χ1) is 9.95. The van der Waals surface area contributed by atoms with Gasteiger partial charge >= 0.3 is 15.4 Å². The first-order valence-corrected chi connectivity index (χ1v) is 10.1. The van der Waals surface area contributed by atoms with Crippen LogP contribution < -0.4 is 0 Å². The zero-order chi connectivity index (χ0) is 17.1. The summed E-state index contributed by atoms with van der Waals surface area (Å²) >= 11 is 0. The highest BCUT2D eigenvalue weighted by molar-refractivity contribution is 7.55. The average molecular weight is 358 g/mol. The zero-order valence-corrected chi connectivity index (χ0v) is 14.8. The van der Waals surface area contributed by atoms with Gasteiger partial charge in [0.2, 0.25) is 0 Å². The van der Waals surface area contributed by atoms with Crippen molar-refractivity contribution < 1.29 is 37.6 Å². The molecule has 22 heavy (non-hydrogen) atoms. The Bertz CT molecular complexity index is 486. The highest BCUT2D eigenvalue weighted by Crippen LogP contribution is 2.51. The van der Waals surface area contributed by atoms with E-state index in [0.29, 0.717) is 6.42 Å². The molecule has 1 unspecified atom stereocenters. The summed E-state index contributed by atoms with van der Waals surface area (Å²) in [6.07, 6.45) is 0.0392. The highest BCUT2D eigenvalue weighted by atomic mass is 31.2. The number of phosphoric acid groups is 1. The predicted molar refractivity (Wildman–Crippen MR) is 80.2 cm³/mol. The minimum Gasteiger partial charge on any atom is -0.378 e. The Kier molecular flexibility index (Phi) is 6.99. The van der Waals surface area contributed by atoms with E-state index < -0.39 is 39.6 Å². The van der Waals surface area contributed by atoms with Gasteiger partial charge in [0.05, 0.1) is 12.2 Å². The van der Waals surface area contributed by atoms with E-state index in [1.165, 1.54) is 13.2 Å². The smallest absolute Gasteiger partial charge is 0.378 e. The molecule has 1 aliphatic carbocycles. The Labute approximate surface area is 130 Å². The van der Waals surface area contributed by atoms with Crippen LogP contribution in [0.4, 0.5) is 0 Å². The van der Waals surface area contributed by atoms with Gasteiger partial charge in [-0.1, -0.05) is 13.0 Å². The molecule has 5 atom stereocenters. The summed E-state index contributed by atoms with van der Waals surface area (Å²) in [5.74, 6) is 0.328. The molecule has 1 rings (SSSR count). The standard InChI is InChI=1S/C12H24O8P2/c1-8(2)19-22(16,17)20-12-10(5-6-21(13,14)15)7-9(3)11(12)18-4/h5-6,8-12H,7H2,1-4H3,(H,16,17)(H2,13,14,15)/b6-5+/t9-,10+,11+,12-/m1/s1. The number of phosphoric ester groups is 1. The van der Waals surface area contributed by atoms with E-state index in [0.717, 1.165) is 5.82 Å². The van der Waals surface area contributed by atoms with Gasteiger partial charge in [-0.25, -0.2) is 4.57 Å². The van der Waals surface area contributed by atoms with Gasteiger partial charge in [0, 0.05) is 18.8 Å². The van der Waals surface area contributed by atoms with E-state index in [1.807, 2.05) is 6.92 Å². The number of hydrogen-bond donors (Lipinski definition) is 3. The summed E-state index contributed by atoms with van der Waals surface area (Å²) in [4.78, 5) is 27.6. The van der Waals surface area contributed by atoms with Crippen molar-refractivity contribution in [1.82, 2.24) is 0 Å². The van der Waals surface area contributed by atoms with Crippen LogP contribution in [0.2, 0.25) is 0 Å². The number of rotatable bonds is 7. The van der Waals surface area contributed by atoms with Crippen LogP contribution in [0.15, 0.2) is 11.9 Å². The maximum atomic E-state index is 12.0. The third kappa shape index (κ3) is 6.22. The van der Waals surface area contributed by atoms with Crippen molar-refractivity contribution >= 4 is 15.4 Å². The molecular formula is C12H24O8P2. The summed E-state index contributed by atoms with van der Waals surface area (Å²) < 4.78 is 38.3. The van der Waals surface area contributed by atoms with Crippen molar-refractivity contribution in [2.75, 3.05) is 7.11 Å². The summed E-state index contributed by atoms with van der Waals surface area (Å²) in [5.41, 5.74) is 0. The third-order valence-electron chi connectivity index (χ3n) is 3.35. The fraction of sp³-hybridized carbons (Fsp3) is 0.833. The molecule has 0 aromatic rings. The van der Waals surface area contributed by atoms with Gasteiger partial charge in [0.15, 0.2) is 0 Å². The lowest BCUT2D eigenvalue weighted by molar-refractivity contribution is -0.0239. The van der Waals surface area contributed by atoms with Gasteiger partial charge in [-0.3, -0.25) is 13.6 Å². The molecule has 130 valence electrons. The second kappa shape index (κ2) is 7.69. The fourth-order valence-electron chi connectivity index (χ4n) is 2.63. The lowest BCUT2D eigenvalue weighted by atomic mass is 10.1. The quantitative estimate of drug-likeness (QED) is 0.592. The summed E-state index contributed by atoms with van der Waals surface area (Å²) in [5, 5.41) is 0. The maximum Gasteiger partial charge on any atom is 0.472 e. The molecule has 0 heterocycles. The van der Waals surface area contributed by atoms with Crippen molar-refractivity contribution in [2.24, 2.45) is 11.8 Å². The van der Waals surface area contributed by atoms with Crippen LogP contribution in [0, 0.1) is 11.8 Å². The predicted octanol–water partition coefficient (Wildman–Crippen LogP) is 2.26. The van der Waals surface area contributed by atoms with Gasteiger partial charge in [-0.2, -0.15) is 0 Å². The molecule has 0 amide bonds. The topological polar surface area (TPSA) is 123 Å². The third-order valence-corrected chi connectivity index (χ3v) is 5.11. The molecule has 0 spiro atoms. The molecule has 1 aliphatic rings. The summed E-state index contributed by atoms with van der Waals surface area (Å²) in [6, 6.07) is 0. The van der Waals surface area contributed by atoms with E-state index >= 15 is 0 Å². The van der Waals surface area contributed by atoms with Gasteiger partial charge in [-0.05, 0) is 26.2 Å². The van der Waals surface area contributed by atoms with E-state index in [2.05, 4.69) is 0 Å².